The van der Waals surface area contributed by atoms with E-state index in [4.69, 9.17) is 0 Å². The lowest BCUT2D eigenvalue weighted by Crippen LogP contribution is -2.62. The number of fused-ring (bicyclic) bond motifs is 1. The summed E-state index contributed by atoms with van der Waals surface area (Å²) in [7, 11) is 0. The minimum Gasteiger partial charge on any atom is -0.477 e. The van der Waals surface area contributed by atoms with Gasteiger partial charge in [0.2, 0.25) is 11.8 Å². The van der Waals surface area contributed by atoms with Crippen LogP contribution in [0, 0.1) is 11.8 Å². The predicted molar refractivity (Wildman–Crippen MR) is 112 cm³/mol. The second-order valence-electron chi connectivity index (χ2n) is 8.21. The summed E-state index contributed by atoms with van der Waals surface area (Å²) in [4.78, 5) is 40.4. The number of hydrogen-bond donors (Lipinski definition) is 2. The lowest BCUT2D eigenvalue weighted by molar-refractivity contribution is -0.164. The zero-order chi connectivity index (χ0) is 21.6. The summed E-state index contributed by atoms with van der Waals surface area (Å²) in [5.74, 6) is -2.18. The Bertz CT molecular complexity index is 894. The summed E-state index contributed by atoms with van der Waals surface area (Å²) in [5.41, 5.74) is 0.727. The van der Waals surface area contributed by atoms with Gasteiger partial charge in [-0.05, 0) is 18.4 Å². The largest absolute Gasteiger partial charge is 0.477 e. The number of benzene rings is 1. The molecule has 1 unspecified atom stereocenters. The van der Waals surface area contributed by atoms with E-state index in [0.29, 0.717) is 23.6 Å². The van der Waals surface area contributed by atoms with E-state index in [1.165, 1.54) is 16.7 Å². The van der Waals surface area contributed by atoms with E-state index in [0.717, 1.165) is 12.8 Å². The van der Waals surface area contributed by atoms with E-state index >= 15 is 0 Å². The number of carbonyl (C=O) groups is 3. The van der Waals surface area contributed by atoms with Crippen LogP contribution in [0.15, 0.2) is 40.9 Å². The number of likely N-dealkylation sites (tertiary alicyclic amines) is 1. The molecule has 0 saturated carbocycles. The van der Waals surface area contributed by atoms with Gasteiger partial charge >= 0.3 is 5.97 Å². The summed E-state index contributed by atoms with van der Waals surface area (Å²) in [5, 5.41) is 20.9. The van der Waals surface area contributed by atoms with E-state index in [1.54, 1.807) is 19.1 Å². The molecule has 3 aliphatic heterocycles. The van der Waals surface area contributed by atoms with Crippen LogP contribution < -0.4 is 0 Å². The summed E-state index contributed by atoms with van der Waals surface area (Å²) in [6, 6.07) is 8.69. The van der Waals surface area contributed by atoms with Crippen LogP contribution in [0.2, 0.25) is 0 Å². The lowest BCUT2D eigenvalue weighted by Gasteiger charge is -2.47. The summed E-state index contributed by atoms with van der Waals surface area (Å²) in [6.07, 6.45) is 0.630. The molecule has 30 heavy (non-hydrogen) atoms. The number of aliphatic hydroxyl groups is 1. The quantitative estimate of drug-likeness (QED) is 0.696. The molecule has 0 radical (unpaired) electrons. The Morgan fingerprint density at radius 1 is 1.17 bits per heavy atom. The standard InChI is InChI=1S/C22H26N2O5S/c1-12-17-16(19(26)14-6-4-3-5-7-14)21(27)24(17)18(22(28)29)20(12)30-15-8-10-23(11-9-15)13(2)25/h3-7,12,15-17,19,26H,8-11H2,1-2H3,(H,28,29)/t12-,16+,17-,19?/m1/s1. The van der Waals surface area contributed by atoms with Crippen LogP contribution in [0.3, 0.4) is 0 Å². The van der Waals surface area contributed by atoms with Gasteiger partial charge in [-0.25, -0.2) is 4.79 Å². The molecule has 2 fully saturated rings. The highest BCUT2D eigenvalue weighted by Gasteiger charge is 2.61. The van der Waals surface area contributed by atoms with Crippen LogP contribution in [-0.2, 0) is 14.4 Å². The van der Waals surface area contributed by atoms with Gasteiger partial charge in [0.1, 0.15) is 5.70 Å². The minimum absolute atomic E-state index is 0.0608. The summed E-state index contributed by atoms with van der Waals surface area (Å²) in [6.45, 7) is 4.83. The molecular weight excluding hydrogens is 404 g/mol. The molecule has 1 aromatic carbocycles. The molecule has 1 aromatic rings. The van der Waals surface area contributed by atoms with E-state index < -0.39 is 18.0 Å². The number of carboxylic acids is 1. The van der Waals surface area contributed by atoms with Gasteiger partial charge in [0.15, 0.2) is 0 Å². The summed E-state index contributed by atoms with van der Waals surface area (Å²) >= 11 is 1.53. The number of piperidine rings is 1. The van der Waals surface area contributed by atoms with Gasteiger partial charge < -0.3 is 20.0 Å². The molecule has 0 aromatic heterocycles. The van der Waals surface area contributed by atoms with Gasteiger partial charge in [-0.3, -0.25) is 9.59 Å². The minimum atomic E-state index is -1.10. The smallest absolute Gasteiger partial charge is 0.353 e. The van der Waals surface area contributed by atoms with Gasteiger partial charge in [-0.2, -0.15) is 0 Å². The second kappa shape index (κ2) is 8.07. The number of carbonyl (C=O) groups excluding carboxylic acids is 2. The van der Waals surface area contributed by atoms with E-state index in [2.05, 4.69) is 0 Å². The van der Waals surface area contributed by atoms with Gasteiger partial charge in [0.25, 0.3) is 0 Å². The fraction of sp³-hybridized carbons (Fsp3) is 0.500. The first-order chi connectivity index (χ1) is 14.3. The third-order valence-electron chi connectivity index (χ3n) is 6.45. The Labute approximate surface area is 179 Å². The van der Waals surface area contributed by atoms with Crippen LogP contribution in [-0.4, -0.2) is 62.2 Å². The molecule has 7 nitrogen and oxygen atoms in total. The molecule has 3 aliphatic rings. The molecule has 2 saturated heterocycles. The Hall–Kier alpha value is -2.32. The van der Waals surface area contributed by atoms with E-state index in [9.17, 15) is 24.6 Å². The van der Waals surface area contributed by atoms with Crippen molar-refractivity contribution in [2.24, 2.45) is 11.8 Å². The van der Waals surface area contributed by atoms with Crippen molar-refractivity contribution >= 4 is 29.5 Å². The molecule has 2 amide bonds. The van der Waals surface area contributed by atoms with Gasteiger partial charge in [-0.1, -0.05) is 37.3 Å². The van der Waals surface area contributed by atoms with Crippen molar-refractivity contribution in [1.29, 1.82) is 0 Å². The summed E-state index contributed by atoms with van der Waals surface area (Å²) < 4.78 is 0. The first-order valence-corrected chi connectivity index (χ1v) is 11.1. The number of nitrogens with zero attached hydrogens (tertiary/aromatic N) is 2. The number of rotatable bonds is 5. The SMILES string of the molecule is CC(=O)N1CCC(SC2=C(C(=O)O)N3C(=O)[C@H](C(O)c4ccccc4)[C@H]3[C@H]2C)CC1. The molecule has 2 N–H and O–H groups in total. The molecular formula is C22H26N2O5S. The first-order valence-electron chi connectivity index (χ1n) is 10.3. The highest BCUT2D eigenvalue weighted by atomic mass is 32.2. The van der Waals surface area contributed by atoms with Gasteiger partial charge in [0.05, 0.1) is 18.1 Å². The molecule has 160 valence electrons. The lowest BCUT2D eigenvalue weighted by atomic mass is 9.76. The number of hydrogen-bond acceptors (Lipinski definition) is 5. The predicted octanol–water partition coefficient (Wildman–Crippen LogP) is 2.24. The zero-order valence-electron chi connectivity index (χ0n) is 17.0. The average molecular weight is 431 g/mol. The fourth-order valence-electron chi connectivity index (χ4n) is 4.83. The molecule has 0 spiro atoms. The van der Waals surface area contributed by atoms with E-state index in [1.807, 2.05) is 30.0 Å². The maximum atomic E-state index is 12.9. The highest BCUT2D eigenvalue weighted by Crippen LogP contribution is 2.53. The van der Waals surface area contributed by atoms with Gasteiger partial charge in [-0.15, -0.1) is 11.8 Å². The molecule has 0 aliphatic carbocycles. The maximum absolute atomic E-state index is 12.9. The molecule has 8 heteroatoms. The van der Waals surface area contributed by atoms with Crippen LogP contribution >= 0.6 is 11.8 Å². The number of β-lactam (4-membered cyclic amide) rings is 1. The molecule has 4 atom stereocenters. The van der Waals surface area contributed by atoms with Crippen molar-refractivity contribution in [2.45, 2.75) is 44.1 Å². The molecule has 0 bridgehead atoms. The topological polar surface area (TPSA) is 98.2 Å². The van der Waals surface area contributed by atoms with Crippen molar-refractivity contribution in [3.8, 4) is 0 Å². The van der Waals surface area contributed by atoms with Crippen molar-refractivity contribution in [1.82, 2.24) is 9.80 Å². The number of thioether (sulfide) groups is 1. The Balaban J connectivity index is 1.53. The molecule has 3 heterocycles. The Morgan fingerprint density at radius 3 is 2.37 bits per heavy atom. The van der Waals surface area contributed by atoms with Crippen LogP contribution in [0.5, 0.6) is 0 Å². The van der Waals surface area contributed by atoms with Crippen molar-refractivity contribution in [3.05, 3.63) is 46.5 Å². The zero-order valence-corrected chi connectivity index (χ0v) is 17.8. The second-order valence-corrected chi connectivity index (χ2v) is 9.55. The number of aliphatic hydroxyl groups excluding tert-OH is 1. The number of amides is 2. The number of carboxylic acid groups (broad SMARTS) is 1. The average Bonchev–Trinajstić information content (AvgIpc) is 2.98. The first kappa shape index (κ1) is 20.9. The normalized spacial score (nSPS) is 27.7. The van der Waals surface area contributed by atoms with Crippen LogP contribution in [0.4, 0.5) is 0 Å². The molecule has 4 rings (SSSR count). The number of aliphatic carboxylic acids is 1. The Kier molecular flexibility index (Phi) is 5.63. The fourth-order valence-corrected chi connectivity index (χ4v) is 6.29. The Morgan fingerprint density at radius 2 is 1.80 bits per heavy atom. The maximum Gasteiger partial charge on any atom is 0.353 e. The third kappa shape index (κ3) is 3.41. The van der Waals surface area contributed by atoms with Crippen molar-refractivity contribution < 1.29 is 24.6 Å². The van der Waals surface area contributed by atoms with Crippen LogP contribution in [0.25, 0.3) is 0 Å². The van der Waals surface area contributed by atoms with Gasteiger partial charge in [0, 0.05) is 36.1 Å². The highest BCUT2D eigenvalue weighted by molar-refractivity contribution is 8.03. The van der Waals surface area contributed by atoms with E-state index in [-0.39, 0.29) is 34.7 Å². The van der Waals surface area contributed by atoms with Crippen LogP contribution in [0.1, 0.15) is 38.4 Å². The third-order valence-corrected chi connectivity index (χ3v) is 8.08. The van der Waals surface area contributed by atoms with Crippen molar-refractivity contribution in [2.75, 3.05) is 13.1 Å². The van der Waals surface area contributed by atoms with Crippen molar-refractivity contribution in [3.63, 3.8) is 0 Å². The monoisotopic (exact) mass is 430 g/mol.